The molecule has 0 aromatic rings. The van der Waals surface area contributed by atoms with Crippen LogP contribution in [0.2, 0.25) is 0 Å². The van der Waals surface area contributed by atoms with Crippen LogP contribution in [0.15, 0.2) is 12.2 Å². The number of rotatable bonds is 3. The lowest BCUT2D eigenvalue weighted by molar-refractivity contribution is 0.185. The highest BCUT2D eigenvalue weighted by atomic mass is 16.3. The predicted octanol–water partition coefficient (Wildman–Crippen LogP) is 1.46. The maximum atomic E-state index is 9.47. The van der Waals surface area contributed by atoms with Crippen LogP contribution in [-0.2, 0) is 0 Å². The van der Waals surface area contributed by atoms with Gasteiger partial charge in [0.25, 0.3) is 0 Å². The molecule has 0 aromatic heterocycles. The van der Waals surface area contributed by atoms with Crippen molar-refractivity contribution >= 4 is 0 Å². The number of piperidine rings is 1. The lowest BCUT2D eigenvalue weighted by Crippen LogP contribution is -2.36. The van der Waals surface area contributed by atoms with Crippen LogP contribution in [0.3, 0.4) is 0 Å². The summed E-state index contributed by atoms with van der Waals surface area (Å²) in [4.78, 5) is 0. The van der Waals surface area contributed by atoms with Crippen LogP contribution in [-0.4, -0.2) is 23.8 Å². The zero-order valence-corrected chi connectivity index (χ0v) is 7.79. The maximum Gasteiger partial charge on any atom is 0.0735 e. The van der Waals surface area contributed by atoms with E-state index in [4.69, 9.17) is 0 Å². The van der Waals surface area contributed by atoms with E-state index < -0.39 is 0 Å². The Morgan fingerprint density at radius 3 is 3.00 bits per heavy atom. The zero-order chi connectivity index (χ0) is 8.81. The Balaban J connectivity index is 2.19. The molecule has 0 saturated carbocycles. The van der Waals surface area contributed by atoms with E-state index in [1.807, 2.05) is 19.1 Å². The van der Waals surface area contributed by atoms with Crippen LogP contribution >= 0.6 is 0 Å². The van der Waals surface area contributed by atoms with Gasteiger partial charge in [-0.2, -0.15) is 0 Å². The molecule has 2 nitrogen and oxygen atoms in total. The van der Waals surface area contributed by atoms with Crippen molar-refractivity contribution in [3.63, 3.8) is 0 Å². The molecule has 1 rings (SSSR count). The standard InChI is InChI=1S/C10H19NO/c1-2-5-10(12)8-9-6-3-4-7-11-9/h2,5,9-12H,3-4,6-8H2,1H3/b5-2+. The number of hydrogen-bond donors (Lipinski definition) is 2. The summed E-state index contributed by atoms with van der Waals surface area (Å²) in [5.41, 5.74) is 0. The molecule has 0 bridgehead atoms. The van der Waals surface area contributed by atoms with Gasteiger partial charge in [-0.15, -0.1) is 0 Å². The van der Waals surface area contributed by atoms with Crippen molar-refractivity contribution in [3.05, 3.63) is 12.2 Å². The van der Waals surface area contributed by atoms with E-state index in [1.165, 1.54) is 19.3 Å². The first kappa shape index (κ1) is 9.75. The molecule has 1 aliphatic rings. The molecule has 0 spiro atoms. The Kier molecular flexibility index (Phi) is 4.33. The maximum absolute atomic E-state index is 9.47. The van der Waals surface area contributed by atoms with E-state index in [0.29, 0.717) is 6.04 Å². The van der Waals surface area contributed by atoms with Gasteiger partial charge in [0.05, 0.1) is 6.10 Å². The van der Waals surface area contributed by atoms with Gasteiger partial charge in [0, 0.05) is 6.04 Å². The van der Waals surface area contributed by atoms with E-state index in [-0.39, 0.29) is 6.10 Å². The zero-order valence-electron chi connectivity index (χ0n) is 7.79. The average Bonchev–Trinajstić information content (AvgIpc) is 2.06. The Hall–Kier alpha value is -0.340. The second kappa shape index (κ2) is 5.33. The van der Waals surface area contributed by atoms with Crippen LogP contribution in [0.1, 0.15) is 32.6 Å². The Labute approximate surface area is 74.7 Å². The molecule has 1 saturated heterocycles. The fraction of sp³-hybridized carbons (Fsp3) is 0.800. The van der Waals surface area contributed by atoms with Gasteiger partial charge >= 0.3 is 0 Å². The summed E-state index contributed by atoms with van der Waals surface area (Å²) in [5.74, 6) is 0. The Morgan fingerprint density at radius 1 is 1.58 bits per heavy atom. The second-order valence-corrected chi connectivity index (χ2v) is 3.48. The van der Waals surface area contributed by atoms with Gasteiger partial charge in [-0.1, -0.05) is 18.6 Å². The van der Waals surface area contributed by atoms with Gasteiger partial charge in [0.1, 0.15) is 0 Å². The monoisotopic (exact) mass is 169 g/mol. The highest BCUT2D eigenvalue weighted by Gasteiger charge is 2.14. The van der Waals surface area contributed by atoms with Gasteiger partial charge in [-0.3, -0.25) is 0 Å². The summed E-state index contributed by atoms with van der Waals surface area (Å²) >= 11 is 0. The molecular weight excluding hydrogens is 150 g/mol. The Morgan fingerprint density at radius 2 is 2.42 bits per heavy atom. The number of allylic oxidation sites excluding steroid dienone is 1. The van der Waals surface area contributed by atoms with Gasteiger partial charge in [0.15, 0.2) is 0 Å². The van der Waals surface area contributed by atoms with Crippen molar-refractivity contribution in [3.8, 4) is 0 Å². The van der Waals surface area contributed by atoms with Crippen LogP contribution in [0, 0.1) is 0 Å². The summed E-state index contributed by atoms with van der Waals surface area (Å²) in [6, 6.07) is 0.532. The second-order valence-electron chi connectivity index (χ2n) is 3.48. The third-order valence-electron chi connectivity index (χ3n) is 2.35. The third-order valence-corrected chi connectivity index (χ3v) is 2.35. The van der Waals surface area contributed by atoms with Crippen molar-refractivity contribution < 1.29 is 5.11 Å². The minimum absolute atomic E-state index is 0.259. The molecule has 2 heteroatoms. The number of aliphatic hydroxyl groups excluding tert-OH is 1. The number of aliphatic hydroxyl groups is 1. The summed E-state index contributed by atoms with van der Waals surface area (Å²) in [6.07, 6.45) is 8.18. The smallest absolute Gasteiger partial charge is 0.0735 e. The van der Waals surface area contributed by atoms with Gasteiger partial charge in [-0.25, -0.2) is 0 Å². The molecule has 0 aliphatic carbocycles. The largest absolute Gasteiger partial charge is 0.389 e. The van der Waals surface area contributed by atoms with Crippen molar-refractivity contribution in [2.24, 2.45) is 0 Å². The van der Waals surface area contributed by atoms with Crippen LogP contribution in [0.25, 0.3) is 0 Å². The molecule has 1 fully saturated rings. The first-order chi connectivity index (χ1) is 5.83. The molecular formula is C10H19NO. The minimum Gasteiger partial charge on any atom is -0.389 e. The van der Waals surface area contributed by atoms with Crippen molar-refractivity contribution in [1.29, 1.82) is 0 Å². The van der Waals surface area contributed by atoms with Crippen molar-refractivity contribution in [2.75, 3.05) is 6.54 Å². The first-order valence-electron chi connectivity index (χ1n) is 4.87. The van der Waals surface area contributed by atoms with E-state index in [0.717, 1.165) is 13.0 Å². The molecule has 2 atom stereocenters. The van der Waals surface area contributed by atoms with Gasteiger partial charge in [0.2, 0.25) is 0 Å². The summed E-state index contributed by atoms with van der Waals surface area (Å²) in [6.45, 7) is 3.06. The van der Waals surface area contributed by atoms with E-state index >= 15 is 0 Å². The molecule has 1 heterocycles. The van der Waals surface area contributed by atoms with Gasteiger partial charge < -0.3 is 10.4 Å². The first-order valence-corrected chi connectivity index (χ1v) is 4.87. The summed E-state index contributed by atoms with van der Waals surface area (Å²) in [5, 5.41) is 12.9. The highest BCUT2D eigenvalue weighted by Crippen LogP contribution is 2.12. The van der Waals surface area contributed by atoms with E-state index in [1.54, 1.807) is 0 Å². The lowest BCUT2D eigenvalue weighted by Gasteiger charge is -2.24. The SMILES string of the molecule is C/C=C/C(O)CC1CCCCN1. The fourth-order valence-corrected chi connectivity index (χ4v) is 1.72. The molecule has 2 unspecified atom stereocenters. The normalized spacial score (nSPS) is 27.7. The molecule has 0 radical (unpaired) electrons. The van der Waals surface area contributed by atoms with Crippen molar-refractivity contribution in [2.45, 2.75) is 44.8 Å². The molecule has 12 heavy (non-hydrogen) atoms. The molecule has 2 N–H and O–H groups in total. The lowest BCUT2D eigenvalue weighted by atomic mass is 9.99. The average molecular weight is 169 g/mol. The summed E-state index contributed by atoms with van der Waals surface area (Å²) in [7, 11) is 0. The molecule has 1 aliphatic heterocycles. The number of hydrogen-bond acceptors (Lipinski definition) is 2. The van der Waals surface area contributed by atoms with Crippen LogP contribution in [0.5, 0.6) is 0 Å². The Bertz CT molecular complexity index is 139. The minimum atomic E-state index is -0.259. The third kappa shape index (κ3) is 3.37. The summed E-state index contributed by atoms with van der Waals surface area (Å²) < 4.78 is 0. The quantitative estimate of drug-likeness (QED) is 0.627. The van der Waals surface area contributed by atoms with Crippen LogP contribution < -0.4 is 5.32 Å². The topological polar surface area (TPSA) is 32.3 Å². The predicted molar refractivity (Wildman–Crippen MR) is 51.1 cm³/mol. The molecule has 0 amide bonds. The number of nitrogens with one attached hydrogen (secondary N) is 1. The van der Waals surface area contributed by atoms with E-state index in [9.17, 15) is 5.11 Å². The molecule has 0 aromatic carbocycles. The highest BCUT2D eigenvalue weighted by molar-refractivity contribution is 4.88. The van der Waals surface area contributed by atoms with Gasteiger partial charge in [-0.05, 0) is 32.7 Å². The fourth-order valence-electron chi connectivity index (χ4n) is 1.72. The van der Waals surface area contributed by atoms with Crippen LogP contribution in [0.4, 0.5) is 0 Å². The van der Waals surface area contributed by atoms with Crippen molar-refractivity contribution in [1.82, 2.24) is 5.32 Å². The van der Waals surface area contributed by atoms with E-state index in [2.05, 4.69) is 5.32 Å². The molecule has 70 valence electrons.